The van der Waals surface area contributed by atoms with E-state index in [4.69, 9.17) is 4.74 Å². The van der Waals surface area contributed by atoms with Crippen LogP contribution >= 0.6 is 0 Å². The zero-order valence-corrected chi connectivity index (χ0v) is 9.81. The molecule has 0 aliphatic carbocycles. The van der Waals surface area contributed by atoms with Crippen molar-refractivity contribution < 1.29 is 9.53 Å². The Morgan fingerprint density at radius 2 is 1.94 bits per heavy atom. The molecule has 17 heavy (non-hydrogen) atoms. The van der Waals surface area contributed by atoms with E-state index < -0.39 is 0 Å². The highest BCUT2D eigenvalue weighted by atomic mass is 16.5. The molecule has 1 aromatic heterocycles. The second-order valence-electron chi connectivity index (χ2n) is 3.78. The van der Waals surface area contributed by atoms with Gasteiger partial charge in [-0.25, -0.2) is 4.98 Å². The maximum Gasteiger partial charge on any atom is 0.212 e. The van der Waals surface area contributed by atoms with Gasteiger partial charge in [-0.1, -0.05) is 18.2 Å². The molecule has 0 radical (unpaired) electrons. The van der Waals surface area contributed by atoms with Gasteiger partial charge in [0.05, 0.1) is 7.11 Å². The maximum absolute atomic E-state index is 10.7. The minimum atomic E-state index is 0.593. The molecule has 2 aromatic rings. The first-order valence-electron chi connectivity index (χ1n) is 5.31. The highest BCUT2D eigenvalue weighted by molar-refractivity contribution is 5.79. The van der Waals surface area contributed by atoms with Gasteiger partial charge in [-0.2, -0.15) is 0 Å². The Balaban J connectivity index is 2.38. The molecule has 0 aliphatic rings. The number of hydrogen-bond donors (Lipinski definition) is 0. The minimum absolute atomic E-state index is 0.593. The number of ether oxygens (including phenoxy) is 1. The monoisotopic (exact) mass is 227 g/mol. The van der Waals surface area contributed by atoms with Crippen LogP contribution in [0.4, 0.5) is 0 Å². The minimum Gasteiger partial charge on any atom is -0.481 e. The lowest BCUT2D eigenvalue weighted by molar-refractivity contribution is 0.112. The van der Waals surface area contributed by atoms with E-state index in [2.05, 4.69) is 4.98 Å². The molecule has 0 unspecified atom stereocenters. The van der Waals surface area contributed by atoms with E-state index in [9.17, 15) is 4.79 Å². The fourth-order valence-corrected chi connectivity index (χ4v) is 1.66. The van der Waals surface area contributed by atoms with E-state index in [1.165, 1.54) is 0 Å². The van der Waals surface area contributed by atoms with Gasteiger partial charge in [-0.15, -0.1) is 0 Å². The van der Waals surface area contributed by atoms with Crippen LogP contribution in [0.2, 0.25) is 0 Å². The summed E-state index contributed by atoms with van der Waals surface area (Å²) in [7, 11) is 1.59. The molecule has 2 rings (SSSR count). The smallest absolute Gasteiger partial charge is 0.212 e. The third-order valence-corrected chi connectivity index (χ3v) is 2.68. The second-order valence-corrected chi connectivity index (χ2v) is 3.78. The fraction of sp³-hybridized carbons (Fsp3) is 0.143. The first-order chi connectivity index (χ1) is 8.24. The number of aldehydes is 1. The van der Waals surface area contributed by atoms with Crippen molar-refractivity contribution in [3.05, 3.63) is 47.7 Å². The molecule has 0 atom stereocenters. The van der Waals surface area contributed by atoms with Crippen LogP contribution in [0.3, 0.4) is 0 Å². The number of aromatic nitrogens is 1. The lowest BCUT2D eigenvalue weighted by atomic mass is 10.0. The van der Waals surface area contributed by atoms with Gasteiger partial charge >= 0.3 is 0 Å². The molecule has 0 amide bonds. The van der Waals surface area contributed by atoms with Gasteiger partial charge in [-0.05, 0) is 24.1 Å². The van der Waals surface area contributed by atoms with Crippen LogP contribution in [0.1, 0.15) is 15.9 Å². The molecule has 0 spiro atoms. The number of benzene rings is 1. The second kappa shape index (κ2) is 4.78. The molecule has 1 heterocycles. The number of carbonyl (C=O) groups is 1. The average molecular weight is 227 g/mol. The number of carbonyl (C=O) groups excluding carboxylic acids is 1. The van der Waals surface area contributed by atoms with E-state index in [1.807, 2.05) is 37.3 Å². The number of hydrogen-bond acceptors (Lipinski definition) is 3. The summed E-state index contributed by atoms with van der Waals surface area (Å²) in [6.45, 7) is 1.92. The summed E-state index contributed by atoms with van der Waals surface area (Å²) in [6, 6.07) is 9.48. The van der Waals surface area contributed by atoms with Crippen LogP contribution in [-0.2, 0) is 0 Å². The molecule has 1 aromatic carbocycles. The van der Waals surface area contributed by atoms with Gasteiger partial charge in [0.2, 0.25) is 5.88 Å². The largest absolute Gasteiger partial charge is 0.481 e. The first kappa shape index (κ1) is 11.3. The third kappa shape index (κ3) is 2.33. The summed E-state index contributed by atoms with van der Waals surface area (Å²) in [5.41, 5.74) is 3.73. The highest BCUT2D eigenvalue weighted by Gasteiger charge is 2.02. The van der Waals surface area contributed by atoms with Gasteiger partial charge in [-0.3, -0.25) is 4.79 Å². The summed E-state index contributed by atoms with van der Waals surface area (Å²) in [5.74, 6) is 0.593. The molecule has 3 heteroatoms. The van der Waals surface area contributed by atoms with Crippen LogP contribution in [0.5, 0.6) is 5.88 Å². The number of nitrogens with zero attached hydrogens (tertiary/aromatic N) is 1. The lowest BCUT2D eigenvalue weighted by Crippen LogP contribution is -1.89. The molecule has 86 valence electrons. The zero-order chi connectivity index (χ0) is 12.3. The number of methoxy groups -OCH3 is 1. The Morgan fingerprint density at radius 3 is 2.47 bits per heavy atom. The predicted molar refractivity (Wildman–Crippen MR) is 66.3 cm³/mol. The third-order valence-electron chi connectivity index (χ3n) is 2.68. The molecular formula is C14H13NO2. The highest BCUT2D eigenvalue weighted by Crippen LogP contribution is 2.22. The van der Waals surface area contributed by atoms with E-state index in [0.717, 1.165) is 28.5 Å². The summed E-state index contributed by atoms with van der Waals surface area (Å²) in [4.78, 5) is 14.9. The molecular weight excluding hydrogens is 214 g/mol. The molecule has 0 aliphatic heterocycles. The molecule has 0 saturated heterocycles. The predicted octanol–water partition coefficient (Wildman–Crippen LogP) is 2.88. The van der Waals surface area contributed by atoms with Crippen LogP contribution in [0, 0.1) is 6.92 Å². The van der Waals surface area contributed by atoms with Gasteiger partial charge in [0.25, 0.3) is 0 Å². The van der Waals surface area contributed by atoms with Crippen LogP contribution in [-0.4, -0.2) is 18.4 Å². The molecule has 0 bridgehead atoms. The normalized spacial score (nSPS) is 10.0. The topological polar surface area (TPSA) is 39.2 Å². The summed E-state index contributed by atoms with van der Waals surface area (Å²) in [6.07, 6.45) is 2.62. The van der Waals surface area contributed by atoms with E-state index in [1.54, 1.807) is 13.3 Å². The van der Waals surface area contributed by atoms with Crippen LogP contribution in [0.25, 0.3) is 11.1 Å². The Kier molecular flexibility index (Phi) is 3.19. The van der Waals surface area contributed by atoms with Crippen molar-refractivity contribution >= 4 is 6.29 Å². The SMILES string of the molecule is COc1ccc(-c2ccc(C=O)c(C)c2)cn1. The van der Waals surface area contributed by atoms with Crippen LogP contribution in [0.15, 0.2) is 36.5 Å². The standard InChI is InChI=1S/C14H13NO2/c1-10-7-11(3-4-13(10)9-16)12-5-6-14(17-2)15-8-12/h3-9H,1-2H3. The van der Waals surface area contributed by atoms with Crippen molar-refractivity contribution in [3.63, 3.8) is 0 Å². The summed E-state index contributed by atoms with van der Waals surface area (Å²) >= 11 is 0. The van der Waals surface area contributed by atoms with Gasteiger partial charge in [0.1, 0.15) is 6.29 Å². The van der Waals surface area contributed by atoms with Gasteiger partial charge in [0.15, 0.2) is 0 Å². The molecule has 3 nitrogen and oxygen atoms in total. The molecule has 0 saturated carbocycles. The Morgan fingerprint density at radius 1 is 1.18 bits per heavy atom. The average Bonchev–Trinajstić information content (AvgIpc) is 2.39. The molecule has 0 fully saturated rings. The molecule has 0 N–H and O–H groups in total. The summed E-state index contributed by atoms with van der Waals surface area (Å²) < 4.78 is 5.01. The van der Waals surface area contributed by atoms with Crippen molar-refractivity contribution in [2.45, 2.75) is 6.92 Å². The summed E-state index contributed by atoms with van der Waals surface area (Å²) in [5, 5.41) is 0. The Labute approximate surface area is 100 Å². The van der Waals surface area contributed by atoms with Crippen molar-refractivity contribution in [1.29, 1.82) is 0 Å². The van der Waals surface area contributed by atoms with Crippen molar-refractivity contribution in [1.82, 2.24) is 4.98 Å². The Hall–Kier alpha value is -2.16. The van der Waals surface area contributed by atoms with Gasteiger partial charge in [0, 0.05) is 23.4 Å². The Bertz CT molecular complexity index is 532. The fourth-order valence-electron chi connectivity index (χ4n) is 1.66. The van der Waals surface area contributed by atoms with Gasteiger partial charge < -0.3 is 4.74 Å². The zero-order valence-electron chi connectivity index (χ0n) is 9.81. The van der Waals surface area contributed by atoms with Crippen LogP contribution < -0.4 is 4.74 Å². The first-order valence-corrected chi connectivity index (χ1v) is 5.31. The van der Waals surface area contributed by atoms with Crippen molar-refractivity contribution in [2.24, 2.45) is 0 Å². The van der Waals surface area contributed by atoms with Crippen molar-refractivity contribution in [2.75, 3.05) is 7.11 Å². The number of pyridine rings is 1. The lowest BCUT2D eigenvalue weighted by Gasteiger charge is -2.05. The van der Waals surface area contributed by atoms with E-state index in [-0.39, 0.29) is 0 Å². The van der Waals surface area contributed by atoms with Crippen molar-refractivity contribution in [3.8, 4) is 17.0 Å². The number of aryl methyl sites for hydroxylation is 1. The number of rotatable bonds is 3. The van der Waals surface area contributed by atoms with E-state index in [0.29, 0.717) is 5.88 Å². The maximum atomic E-state index is 10.7. The van der Waals surface area contributed by atoms with E-state index >= 15 is 0 Å². The quantitative estimate of drug-likeness (QED) is 0.757.